The molecule has 0 saturated carbocycles. The summed E-state index contributed by atoms with van der Waals surface area (Å²) < 4.78 is 233. The average Bonchev–Trinajstić information content (AvgIpc) is 2.91. The van der Waals surface area contributed by atoms with Gasteiger partial charge in [-0.3, -0.25) is 0 Å². The van der Waals surface area contributed by atoms with E-state index < -0.39 is 79.5 Å². The highest BCUT2D eigenvalue weighted by Crippen LogP contribution is 2.55. The molecule has 1 aromatic rings. The molecule has 0 heterocycles. The van der Waals surface area contributed by atoms with Crippen LogP contribution in [0.15, 0.2) is 18.2 Å². The Balaban J connectivity index is 2.70. The zero-order valence-corrected chi connectivity index (χ0v) is 23.9. The number of halogens is 18. The van der Waals surface area contributed by atoms with Gasteiger partial charge < -0.3 is 5.11 Å². The Morgan fingerprint density at radius 2 is 0.809 bits per heavy atom. The Kier molecular flexibility index (Phi) is 13.5. The van der Waals surface area contributed by atoms with Crippen LogP contribution in [0.1, 0.15) is 85.7 Å². The van der Waals surface area contributed by atoms with E-state index in [1.165, 1.54) is 18.2 Å². The summed E-state index contributed by atoms with van der Waals surface area (Å²) in [4.78, 5) is 11.3. The van der Waals surface area contributed by atoms with Gasteiger partial charge in [-0.15, -0.1) is 0 Å². The minimum Gasteiger partial charge on any atom is -0.478 e. The maximum absolute atomic E-state index is 13.6. The van der Waals surface area contributed by atoms with Gasteiger partial charge in [0.05, 0.1) is 5.56 Å². The third-order valence-corrected chi connectivity index (χ3v) is 7.25. The Morgan fingerprint density at radius 1 is 0.468 bits per heavy atom. The maximum Gasteiger partial charge on any atom is 0.460 e. The second kappa shape index (κ2) is 14.9. The largest absolute Gasteiger partial charge is 0.478 e. The summed E-state index contributed by atoms with van der Waals surface area (Å²) in [6, 6.07) is 3.72. The maximum atomic E-state index is 13.6. The van der Waals surface area contributed by atoms with E-state index in [9.17, 15) is 88.9 Å². The van der Waals surface area contributed by atoms with Crippen molar-refractivity contribution in [2.24, 2.45) is 0 Å². The topological polar surface area (TPSA) is 37.3 Å². The number of benzene rings is 1. The number of hydrogen-bond donors (Lipinski definition) is 1. The van der Waals surface area contributed by atoms with Crippen LogP contribution in [0.5, 0.6) is 0 Å². The Hall–Kier alpha value is -2.57. The lowest BCUT2D eigenvalue weighted by Gasteiger charge is -2.33. The standard InChI is InChI=1S/C27H28F18O2/c28-20(29,22(32,33)24(36,37)26(40,41)42)13-7-3-1-5-9-16-11-12-18(19(46)47)15-17(16)10-6-2-4-8-14-21(30,31)23(34,35)25(38,39)27(43,44)45/h11-12,15H,1-10,13-14H2,(H,46,47). The summed E-state index contributed by atoms with van der Waals surface area (Å²) in [5, 5.41) is 9.20. The third kappa shape index (κ3) is 9.53. The number of aryl methyl sites for hydroxylation is 2. The third-order valence-electron chi connectivity index (χ3n) is 7.25. The molecule has 0 amide bonds. The van der Waals surface area contributed by atoms with Crippen molar-refractivity contribution in [2.75, 3.05) is 0 Å². The van der Waals surface area contributed by atoms with Crippen LogP contribution in [-0.2, 0) is 12.8 Å². The monoisotopic (exact) mass is 726 g/mol. The van der Waals surface area contributed by atoms with Crippen LogP contribution < -0.4 is 0 Å². The SMILES string of the molecule is O=C(O)c1ccc(CCCCCCC(F)(F)C(F)(F)C(F)(F)C(F)(F)F)c(CCCCCCC(F)(F)C(F)(F)C(F)(F)C(F)(F)F)c1. The Labute approximate surface area is 255 Å². The lowest BCUT2D eigenvalue weighted by Crippen LogP contribution is -2.60. The normalized spacial score (nSPS) is 14.5. The van der Waals surface area contributed by atoms with Gasteiger partial charge in [0, 0.05) is 12.8 Å². The molecule has 0 fully saturated rings. The number of carboxylic acid groups (broad SMARTS) is 1. The first kappa shape index (κ1) is 42.5. The van der Waals surface area contributed by atoms with Gasteiger partial charge in [0.1, 0.15) is 0 Å². The molecule has 0 aliphatic carbocycles. The van der Waals surface area contributed by atoms with Gasteiger partial charge in [-0.25, -0.2) is 4.79 Å². The van der Waals surface area contributed by atoms with Gasteiger partial charge in [0.15, 0.2) is 0 Å². The van der Waals surface area contributed by atoms with Crippen LogP contribution in [0.2, 0.25) is 0 Å². The van der Waals surface area contributed by atoms with Crippen LogP contribution in [-0.4, -0.2) is 59.0 Å². The van der Waals surface area contributed by atoms with Gasteiger partial charge in [-0.05, 0) is 61.8 Å². The number of hydrogen-bond acceptors (Lipinski definition) is 1. The Morgan fingerprint density at radius 3 is 1.15 bits per heavy atom. The molecule has 0 spiro atoms. The summed E-state index contributed by atoms with van der Waals surface area (Å²) in [5.74, 6) is -40.2. The lowest BCUT2D eigenvalue weighted by molar-refractivity contribution is -0.396. The number of carbonyl (C=O) groups is 1. The van der Waals surface area contributed by atoms with Crippen molar-refractivity contribution in [3.8, 4) is 0 Å². The van der Waals surface area contributed by atoms with E-state index in [4.69, 9.17) is 0 Å². The lowest BCUT2D eigenvalue weighted by atomic mass is 9.93. The van der Waals surface area contributed by atoms with E-state index in [0.717, 1.165) is 0 Å². The molecule has 0 radical (unpaired) electrons. The van der Waals surface area contributed by atoms with Gasteiger partial charge >= 0.3 is 53.9 Å². The molecular formula is C27H28F18O2. The number of unbranched alkanes of at least 4 members (excludes halogenated alkanes) is 6. The van der Waals surface area contributed by atoms with Gasteiger partial charge in [-0.1, -0.05) is 31.7 Å². The number of alkyl halides is 18. The molecule has 0 aliphatic rings. The first-order valence-electron chi connectivity index (χ1n) is 13.7. The van der Waals surface area contributed by atoms with Gasteiger partial charge in [0.25, 0.3) is 0 Å². The first-order valence-corrected chi connectivity index (χ1v) is 13.7. The van der Waals surface area contributed by atoms with Crippen molar-refractivity contribution in [1.82, 2.24) is 0 Å². The van der Waals surface area contributed by atoms with Gasteiger partial charge in [0.2, 0.25) is 0 Å². The van der Waals surface area contributed by atoms with Crippen molar-refractivity contribution in [3.63, 3.8) is 0 Å². The van der Waals surface area contributed by atoms with Crippen LogP contribution in [0.4, 0.5) is 79.0 Å². The molecule has 0 saturated heterocycles. The molecule has 1 rings (SSSR count). The van der Waals surface area contributed by atoms with Crippen molar-refractivity contribution >= 4 is 5.97 Å². The van der Waals surface area contributed by atoms with Crippen molar-refractivity contribution in [1.29, 1.82) is 0 Å². The first-order chi connectivity index (χ1) is 21.0. The predicted molar refractivity (Wildman–Crippen MR) is 129 cm³/mol. The van der Waals surface area contributed by atoms with Crippen molar-refractivity contribution in [2.45, 2.75) is 125 Å². The quantitative estimate of drug-likeness (QED) is 0.114. The Bertz CT molecular complexity index is 1170. The summed E-state index contributed by atoms with van der Waals surface area (Å²) in [7, 11) is 0. The molecule has 47 heavy (non-hydrogen) atoms. The predicted octanol–water partition coefficient (Wildman–Crippen LogP) is 11.3. The molecule has 20 heteroatoms. The molecule has 0 aliphatic heterocycles. The van der Waals surface area contributed by atoms with Crippen LogP contribution in [0, 0.1) is 0 Å². The van der Waals surface area contributed by atoms with E-state index in [1.54, 1.807) is 0 Å². The molecule has 0 bridgehead atoms. The number of carboxylic acids is 1. The highest BCUT2D eigenvalue weighted by molar-refractivity contribution is 5.87. The van der Waals surface area contributed by atoms with Gasteiger partial charge in [-0.2, -0.15) is 79.0 Å². The van der Waals surface area contributed by atoms with E-state index in [0.29, 0.717) is 11.1 Å². The smallest absolute Gasteiger partial charge is 0.460 e. The minimum atomic E-state index is -7.00. The summed E-state index contributed by atoms with van der Waals surface area (Å²) >= 11 is 0. The average molecular weight is 726 g/mol. The highest BCUT2D eigenvalue weighted by Gasteiger charge is 2.82. The van der Waals surface area contributed by atoms with E-state index in [2.05, 4.69) is 0 Å². The second-order valence-corrected chi connectivity index (χ2v) is 10.8. The second-order valence-electron chi connectivity index (χ2n) is 10.8. The molecule has 1 aromatic carbocycles. The summed E-state index contributed by atoms with van der Waals surface area (Å²) in [6.45, 7) is 0. The van der Waals surface area contributed by atoms with Crippen LogP contribution in [0.3, 0.4) is 0 Å². The van der Waals surface area contributed by atoms with E-state index in [1.807, 2.05) is 0 Å². The summed E-state index contributed by atoms with van der Waals surface area (Å²) in [6.07, 6.45) is -19.9. The van der Waals surface area contributed by atoms with Crippen molar-refractivity contribution in [3.05, 3.63) is 34.9 Å². The molecule has 0 atom stereocenters. The fourth-order valence-electron chi connectivity index (χ4n) is 4.40. The number of rotatable bonds is 19. The fraction of sp³-hybridized carbons (Fsp3) is 0.741. The molecule has 0 aromatic heterocycles. The zero-order chi connectivity index (χ0) is 36.9. The number of aromatic carboxylic acids is 1. The molecule has 2 nitrogen and oxygen atoms in total. The van der Waals surface area contributed by atoms with Crippen molar-refractivity contribution < 1.29 is 88.9 Å². The summed E-state index contributed by atoms with van der Waals surface area (Å²) in [5.41, 5.74) is 0.597. The van der Waals surface area contributed by atoms with E-state index >= 15 is 0 Å². The fourth-order valence-corrected chi connectivity index (χ4v) is 4.40. The van der Waals surface area contributed by atoms with E-state index in [-0.39, 0.29) is 56.9 Å². The van der Waals surface area contributed by atoms with Crippen LogP contribution in [0.25, 0.3) is 0 Å². The molecule has 274 valence electrons. The van der Waals surface area contributed by atoms with Crippen LogP contribution >= 0.6 is 0 Å². The molecular weight excluding hydrogens is 698 g/mol. The molecule has 0 unspecified atom stereocenters. The molecule has 1 N–H and O–H groups in total. The minimum absolute atomic E-state index is 0.0103. The highest BCUT2D eigenvalue weighted by atomic mass is 19.4. The zero-order valence-electron chi connectivity index (χ0n) is 23.9.